The first kappa shape index (κ1) is 21.9. The minimum Gasteiger partial charge on any atom is -0.449 e. The Balaban J connectivity index is 1.63. The summed E-state index contributed by atoms with van der Waals surface area (Å²) in [6.45, 7) is 6.25. The van der Waals surface area contributed by atoms with Gasteiger partial charge in [-0.05, 0) is 31.9 Å². The largest absolute Gasteiger partial charge is 0.449 e. The molecule has 3 rings (SSSR count). The van der Waals surface area contributed by atoms with Gasteiger partial charge in [-0.2, -0.15) is 13.9 Å². The van der Waals surface area contributed by atoms with E-state index in [1.807, 2.05) is 6.92 Å². The second-order valence-electron chi connectivity index (χ2n) is 7.64. The highest BCUT2D eigenvalue weighted by Crippen LogP contribution is 2.28. The molecule has 0 aromatic carbocycles. The van der Waals surface area contributed by atoms with Gasteiger partial charge in [0.25, 0.3) is 0 Å². The lowest BCUT2D eigenvalue weighted by Gasteiger charge is -2.17. The highest BCUT2D eigenvalue weighted by molar-refractivity contribution is 5.68. The Bertz CT molecular complexity index is 896. The molecule has 0 saturated carbocycles. The van der Waals surface area contributed by atoms with Crippen LogP contribution in [-0.4, -0.2) is 56.5 Å². The normalized spacial score (nSPS) is 16.7. The average molecular weight is 422 g/mol. The molecule has 0 spiro atoms. The molecule has 1 fully saturated rings. The van der Waals surface area contributed by atoms with E-state index in [0.29, 0.717) is 36.8 Å². The lowest BCUT2D eigenvalue weighted by Crippen LogP contribution is -2.32. The third-order valence-corrected chi connectivity index (χ3v) is 5.00. The molecule has 0 aliphatic carbocycles. The van der Waals surface area contributed by atoms with Crippen molar-refractivity contribution in [3.63, 3.8) is 0 Å². The number of pyridine rings is 1. The number of hydrogen-bond acceptors (Lipinski definition) is 6. The maximum atomic E-state index is 13.6. The number of rotatable bonds is 7. The van der Waals surface area contributed by atoms with Crippen molar-refractivity contribution in [2.45, 2.75) is 52.0 Å². The fraction of sp³-hybridized carbons (Fsp3) is 0.600. The van der Waals surface area contributed by atoms with Crippen molar-refractivity contribution in [3.05, 3.63) is 23.7 Å². The maximum Gasteiger partial charge on any atom is 0.409 e. The van der Waals surface area contributed by atoms with Crippen LogP contribution in [0, 0.1) is 6.92 Å². The summed E-state index contributed by atoms with van der Waals surface area (Å²) in [5, 5.41) is 7.43. The molecule has 1 saturated heterocycles. The number of hydrogen-bond donors (Lipinski definition) is 1. The first-order valence-corrected chi connectivity index (χ1v) is 10.1. The van der Waals surface area contributed by atoms with Crippen molar-refractivity contribution in [2.75, 3.05) is 25.0 Å². The molecule has 0 radical (unpaired) electrons. The predicted molar refractivity (Wildman–Crippen MR) is 108 cm³/mol. The third-order valence-electron chi connectivity index (χ3n) is 5.00. The van der Waals surface area contributed by atoms with E-state index in [1.54, 1.807) is 24.0 Å². The number of carbonyl (C=O) groups is 1. The first-order valence-electron chi connectivity index (χ1n) is 10.1. The summed E-state index contributed by atoms with van der Waals surface area (Å²) < 4.78 is 33.6. The van der Waals surface area contributed by atoms with Crippen LogP contribution in [0.1, 0.15) is 44.6 Å². The number of anilines is 1. The van der Waals surface area contributed by atoms with Gasteiger partial charge in [0.05, 0.1) is 12.3 Å². The maximum absolute atomic E-state index is 13.6. The molecule has 0 unspecified atom stereocenters. The number of halogens is 2. The van der Waals surface area contributed by atoms with Crippen LogP contribution in [-0.2, 0) is 17.7 Å². The standard InChI is InChI=1S/C20H28F2N6O2/c1-5-6-11-30-19(29)28-10-9-14(12-28)24-16-8-7-15(13(2)23-16)17-25-18(20(3,21)22)27(4)26-17/h7-8,14H,5-6,9-12H2,1-4H3,(H,23,24)/t14-/m0/s1. The SMILES string of the molecule is CCCCOC(=O)N1CC[C@H](Nc2ccc(-c3nc(C(C)(F)F)n(C)n3)c(C)n2)C1. The average Bonchev–Trinajstić information content (AvgIpc) is 3.28. The van der Waals surface area contributed by atoms with Crippen LogP contribution >= 0.6 is 0 Å². The number of unbranched alkanes of at least 4 members (excludes halogenated alkanes) is 1. The molecule has 1 N–H and O–H groups in total. The summed E-state index contributed by atoms with van der Waals surface area (Å²) in [6, 6.07) is 3.61. The number of ether oxygens (including phenoxy) is 1. The molecule has 2 aromatic rings. The second kappa shape index (κ2) is 8.93. The van der Waals surface area contributed by atoms with E-state index >= 15 is 0 Å². The minimum absolute atomic E-state index is 0.0693. The van der Waals surface area contributed by atoms with E-state index in [4.69, 9.17) is 4.74 Å². The van der Waals surface area contributed by atoms with Crippen LogP contribution in [0.5, 0.6) is 0 Å². The smallest absolute Gasteiger partial charge is 0.409 e. The first-order chi connectivity index (χ1) is 14.2. The molecule has 2 aromatic heterocycles. The molecule has 10 heteroatoms. The van der Waals surface area contributed by atoms with Crippen molar-refractivity contribution in [1.82, 2.24) is 24.6 Å². The molecule has 0 bridgehead atoms. The van der Waals surface area contributed by atoms with Gasteiger partial charge in [-0.25, -0.2) is 19.4 Å². The van der Waals surface area contributed by atoms with Crippen molar-refractivity contribution < 1.29 is 18.3 Å². The fourth-order valence-electron chi connectivity index (χ4n) is 3.41. The Morgan fingerprint density at radius 2 is 2.13 bits per heavy atom. The van der Waals surface area contributed by atoms with Gasteiger partial charge in [-0.1, -0.05) is 13.3 Å². The van der Waals surface area contributed by atoms with Crippen LogP contribution in [0.3, 0.4) is 0 Å². The third kappa shape index (κ3) is 5.03. The Morgan fingerprint density at radius 1 is 1.37 bits per heavy atom. The van der Waals surface area contributed by atoms with Gasteiger partial charge >= 0.3 is 12.0 Å². The van der Waals surface area contributed by atoms with Gasteiger partial charge in [0.15, 0.2) is 11.6 Å². The number of likely N-dealkylation sites (tertiary alicyclic amines) is 1. The van der Waals surface area contributed by atoms with E-state index in [0.717, 1.165) is 30.9 Å². The zero-order valence-corrected chi connectivity index (χ0v) is 17.8. The van der Waals surface area contributed by atoms with Gasteiger partial charge in [-0.15, -0.1) is 0 Å². The summed E-state index contributed by atoms with van der Waals surface area (Å²) in [5.41, 5.74) is 1.23. The zero-order chi connectivity index (χ0) is 21.9. The summed E-state index contributed by atoms with van der Waals surface area (Å²) in [4.78, 5) is 22.3. The predicted octanol–water partition coefficient (Wildman–Crippen LogP) is 3.72. The molecular weight excluding hydrogens is 394 g/mol. The minimum atomic E-state index is -3.07. The number of amides is 1. The summed E-state index contributed by atoms with van der Waals surface area (Å²) in [5.74, 6) is -2.60. The summed E-state index contributed by atoms with van der Waals surface area (Å²) in [6.07, 6.45) is 2.35. The fourth-order valence-corrected chi connectivity index (χ4v) is 3.41. The van der Waals surface area contributed by atoms with Crippen LogP contribution in [0.2, 0.25) is 0 Å². The highest BCUT2D eigenvalue weighted by Gasteiger charge is 2.32. The van der Waals surface area contributed by atoms with Crippen molar-refractivity contribution in [2.24, 2.45) is 7.05 Å². The van der Waals surface area contributed by atoms with E-state index in [1.165, 1.54) is 7.05 Å². The Morgan fingerprint density at radius 3 is 2.77 bits per heavy atom. The van der Waals surface area contributed by atoms with Crippen molar-refractivity contribution in [3.8, 4) is 11.4 Å². The van der Waals surface area contributed by atoms with E-state index in [-0.39, 0.29) is 18.0 Å². The van der Waals surface area contributed by atoms with E-state index < -0.39 is 11.7 Å². The number of nitrogens with one attached hydrogen (secondary N) is 1. The second-order valence-corrected chi connectivity index (χ2v) is 7.64. The Labute approximate surface area is 174 Å². The summed E-state index contributed by atoms with van der Waals surface area (Å²) in [7, 11) is 1.45. The lowest BCUT2D eigenvalue weighted by atomic mass is 10.2. The topological polar surface area (TPSA) is 85.2 Å². The van der Waals surface area contributed by atoms with Crippen LogP contribution in [0.15, 0.2) is 12.1 Å². The van der Waals surface area contributed by atoms with Crippen molar-refractivity contribution in [1.29, 1.82) is 0 Å². The van der Waals surface area contributed by atoms with E-state index in [9.17, 15) is 13.6 Å². The van der Waals surface area contributed by atoms with Crippen LogP contribution < -0.4 is 5.32 Å². The zero-order valence-electron chi connectivity index (χ0n) is 17.8. The van der Waals surface area contributed by atoms with Gasteiger partial charge in [0.2, 0.25) is 0 Å². The quantitative estimate of drug-likeness (QED) is 0.685. The summed E-state index contributed by atoms with van der Waals surface area (Å²) >= 11 is 0. The Kier molecular flexibility index (Phi) is 6.52. The van der Waals surface area contributed by atoms with Crippen LogP contribution in [0.25, 0.3) is 11.4 Å². The molecule has 30 heavy (non-hydrogen) atoms. The molecule has 8 nitrogen and oxygen atoms in total. The van der Waals surface area contributed by atoms with Gasteiger partial charge < -0.3 is 15.0 Å². The monoisotopic (exact) mass is 422 g/mol. The molecule has 3 heterocycles. The number of aromatic nitrogens is 4. The molecule has 1 aliphatic rings. The number of carbonyl (C=O) groups excluding carboxylic acids is 1. The lowest BCUT2D eigenvalue weighted by molar-refractivity contribution is 0.00410. The van der Waals surface area contributed by atoms with E-state index in [2.05, 4.69) is 20.4 Å². The molecule has 1 aliphatic heterocycles. The Hall–Kier alpha value is -2.78. The molecular formula is C20H28F2N6O2. The molecule has 164 valence electrons. The number of alkyl halides is 2. The van der Waals surface area contributed by atoms with Crippen molar-refractivity contribution >= 4 is 11.9 Å². The molecule has 1 amide bonds. The van der Waals surface area contributed by atoms with Gasteiger partial charge in [0.1, 0.15) is 5.82 Å². The van der Waals surface area contributed by atoms with Gasteiger partial charge in [-0.3, -0.25) is 0 Å². The molecule has 1 atom stereocenters. The highest BCUT2D eigenvalue weighted by atomic mass is 19.3. The van der Waals surface area contributed by atoms with Crippen LogP contribution in [0.4, 0.5) is 19.4 Å². The van der Waals surface area contributed by atoms with Gasteiger partial charge in [0, 0.05) is 38.7 Å². The number of nitrogens with zero attached hydrogens (tertiary/aromatic N) is 5. The number of aryl methyl sites for hydroxylation is 2.